The molecule has 2 N–H and O–H groups in total. The lowest BCUT2D eigenvalue weighted by Crippen LogP contribution is -2.48. The summed E-state index contributed by atoms with van der Waals surface area (Å²) < 4.78 is 0. The van der Waals surface area contributed by atoms with Gasteiger partial charge in [0.2, 0.25) is 0 Å². The van der Waals surface area contributed by atoms with E-state index in [4.69, 9.17) is 16.7 Å². The van der Waals surface area contributed by atoms with Crippen LogP contribution in [0, 0.1) is 12.3 Å². The third-order valence-corrected chi connectivity index (χ3v) is 4.19. The van der Waals surface area contributed by atoms with E-state index in [1.54, 1.807) is 33.1 Å². The average molecular weight is 290 g/mol. The van der Waals surface area contributed by atoms with Crippen LogP contribution in [0.2, 0.25) is 5.02 Å². The molecule has 0 fully saturated rings. The minimum atomic E-state index is -1.06. The predicted molar refractivity (Wildman–Crippen MR) is 72.4 cm³/mol. The van der Waals surface area contributed by atoms with Crippen LogP contribution in [0.3, 0.4) is 0 Å². The van der Waals surface area contributed by atoms with Gasteiger partial charge in [0.05, 0.1) is 5.02 Å². The molecule has 0 aliphatic rings. The molecule has 1 atom stereocenters. The molecule has 0 aliphatic heterocycles. The molecule has 1 heterocycles. The second-order valence-corrected chi connectivity index (χ2v) is 6.43. The van der Waals surface area contributed by atoms with E-state index in [0.717, 1.165) is 5.56 Å². The van der Waals surface area contributed by atoms with Crippen molar-refractivity contribution in [3.05, 3.63) is 20.8 Å². The molecule has 1 aromatic heterocycles. The molecular formula is C12H16ClNO3S. The fourth-order valence-corrected chi connectivity index (χ4v) is 2.61. The molecule has 0 aliphatic carbocycles. The van der Waals surface area contributed by atoms with Crippen molar-refractivity contribution in [3.8, 4) is 0 Å². The monoisotopic (exact) mass is 289 g/mol. The molecule has 1 aromatic rings. The zero-order chi connectivity index (χ0) is 14.1. The van der Waals surface area contributed by atoms with Crippen molar-refractivity contribution in [1.29, 1.82) is 0 Å². The fourth-order valence-electron chi connectivity index (χ4n) is 1.43. The van der Waals surface area contributed by atoms with Crippen LogP contribution in [0.4, 0.5) is 0 Å². The Morgan fingerprint density at radius 3 is 2.33 bits per heavy atom. The first kappa shape index (κ1) is 15.0. The summed E-state index contributed by atoms with van der Waals surface area (Å²) >= 11 is 7.19. The summed E-state index contributed by atoms with van der Waals surface area (Å²) in [6, 6.07) is -0.955. The van der Waals surface area contributed by atoms with Crippen molar-refractivity contribution in [1.82, 2.24) is 5.32 Å². The topological polar surface area (TPSA) is 66.4 Å². The number of carboxylic acids is 1. The molecule has 1 amide bonds. The molecule has 0 saturated heterocycles. The third-order valence-electron chi connectivity index (χ3n) is 2.49. The zero-order valence-electron chi connectivity index (χ0n) is 10.7. The van der Waals surface area contributed by atoms with Crippen LogP contribution in [-0.2, 0) is 4.79 Å². The maximum atomic E-state index is 12.0. The summed E-state index contributed by atoms with van der Waals surface area (Å²) in [4.78, 5) is 23.5. The van der Waals surface area contributed by atoms with Gasteiger partial charge in [0.25, 0.3) is 5.91 Å². The number of hydrogen-bond acceptors (Lipinski definition) is 3. The van der Waals surface area contributed by atoms with E-state index in [2.05, 4.69) is 5.32 Å². The average Bonchev–Trinajstić information content (AvgIpc) is 2.54. The normalized spacial score (nSPS) is 13.2. The lowest BCUT2D eigenvalue weighted by Gasteiger charge is -2.27. The van der Waals surface area contributed by atoms with Crippen LogP contribution in [0.5, 0.6) is 0 Å². The largest absolute Gasteiger partial charge is 0.480 e. The Morgan fingerprint density at radius 2 is 2.00 bits per heavy atom. The number of aryl methyl sites for hydroxylation is 1. The van der Waals surface area contributed by atoms with Gasteiger partial charge in [-0.05, 0) is 23.3 Å². The Kier molecular flexibility index (Phi) is 4.40. The molecular weight excluding hydrogens is 274 g/mol. The molecule has 1 rings (SSSR count). The van der Waals surface area contributed by atoms with Crippen LogP contribution in [0.1, 0.15) is 36.0 Å². The first-order valence-electron chi connectivity index (χ1n) is 5.42. The summed E-state index contributed by atoms with van der Waals surface area (Å²) in [5, 5.41) is 13.8. The first-order valence-corrected chi connectivity index (χ1v) is 6.67. The molecule has 0 aromatic carbocycles. The van der Waals surface area contributed by atoms with Gasteiger partial charge in [-0.25, -0.2) is 4.79 Å². The molecule has 100 valence electrons. The van der Waals surface area contributed by atoms with E-state index >= 15 is 0 Å². The van der Waals surface area contributed by atoms with Gasteiger partial charge < -0.3 is 10.4 Å². The van der Waals surface area contributed by atoms with Gasteiger partial charge in [-0.3, -0.25) is 4.79 Å². The first-order chi connectivity index (χ1) is 8.14. The van der Waals surface area contributed by atoms with Gasteiger partial charge in [0.15, 0.2) is 0 Å². The maximum absolute atomic E-state index is 12.0. The van der Waals surface area contributed by atoms with Gasteiger partial charge in [-0.1, -0.05) is 32.4 Å². The van der Waals surface area contributed by atoms with E-state index in [0.29, 0.717) is 9.90 Å². The van der Waals surface area contributed by atoms with Gasteiger partial charge in [0, 0.05) is 0 Å². The predicted octanol–water partition coefficient (Wildman–Crippen LogP) is 2.94. The quantitative estimate of drug-likeness (QED) is 0.899. The highest BCUT2D eigenvalue weighted by molar-refractivity contribution is 7.13. The van der Waals surface area contributed by atoms with Crippen molar-refractivity contribution in [3.63, 3.8) is 0 Å². The van der Waals surface area contributed by atoms with Crippen LogP contribution < -0.4 is 5.32 Å². The number of aliphatic carboxylic acids is 1. The number of nitrogens with one attached hydrogen (secondary N) is 1. The van der Waals surface area contributed by atoms with Crippen LogP contribution in [0.15, 0.2) is 5.38 Å². The van der Waals surface area contributed by atoms with Crippen LogP contribution in [-0.4, -0.2) is 23.0 Å². The highest BCUT2D eigenvalue weighted by Crippen LogP contribution is 2.28. The summed E-state index contributed by atoms with van der Waals surface area (Å²) in [5.74, 6) is -1.50. The molecule has 0 unspecified atom stereocenters. The Morgan fingerprint density at radius 1 is 1.44 bits per heavy atom. The Hall–Kier alpha value is -1.07. The zero-order valence-corrected chi connectivity index (χ0v) is 12.3. The number of hydrogen-bond donors (Lipinski definition) is 2. The van der Waals surface area contributed by atoms with Gasteiger partial charge in [-0.2, -0.15) is 0 Å². The molecule has 0 bridgehead atoms. The minimum Gasteiger partial charge on any atom is -0.480 e. The molecule has 4 nitrogen and oxygen atoms in total. The molecule has 18 heavy (non-hydrogen) atoms. The number of thiophene rings is 1. The van der Waals surface area contributed by atoms with Gasteiger partial charge in [0.1, 0.15) is 10.9 Å². The van der Waals surface area contributed by atoms with Crippen molar-refractivity contribution in [2.75, 3.05) is 0 Å². The van der Waals surface area contributed by atoms with E-state index < -0.39 is 23.3 Å². The van der Waals surface area contributed by atoms with Crippen molar-refractivity contribution in [2.45, 2.75) is 33.7 Å². The number of halogens is 1. The smallest absolute Gasteiger partial charge is 0.326 e. The second kappa shape index (κ2) is 5.28. The number of carbonyl (C=O) groups excluding carboxylic acids is 1. The fraction of sp³-hybridized carbons (Fsp3) is 0.500. The number of carbonyl (C=O) groups is 2. The second-order valence-electron chi connectivity index (χ2n) is 5.17. The summed E-state index contributed by atoms with van der Waals surface area (Å²) in [7, 11) is 0. The van der Waals surface area contributed by atoms with Gasteiger partial charge >= 0.3 is 5.97 Å². The summed E-state index contributed by atoms with van der Waals surface area (Å²) in [5.41, 5.74) is 0.245. The van der Waals surface area contributed by atoms with E-state index in [1.807, 2.05) is 0 Å². The lowest BCUT2D eigenvalue weighted by molar-refractivity contribution is -0.142. The van der Waals surface area contributed by atoms with Crippen LogP contribution in [0.25, 0.3) is 0 Å². The third kappa shape index (κ3) is 3.23. The number of carboxylic acid groups (broad SMARTS) is 1. The van der Waals surface area contributed by atoms with Crippen molar-refractivity contribution in [2.24, 2.45) is 5.41 Å². The van der Waals surface area contributed by atoms with Crippen LogP contribution >= 0.6 is 22.9 Å². The summed E-state index contributed by atoms with van der Waals surface area (Å²) in [6.07, 6.45) is 0. The molecule has 0 spiro atoms. The van der Waals surface area contributed by atoms with E-state index in [9.17, 15) is 9.59 Å². The van der Waals surface area contributed by atoms with E-state index in [1.165, 1.54) is 11.3 Å². The molecule has 6 heteroatoms. The van der Waals surface area contributed by atoms with E-state index in [-0.39, 0.29) is 0 Å². The highest BCUT2D eigenvalue weighted by atomic mass is 35.5. The number of rotatable bonds is 3. The summed E-state index contributed by atoms with van der Waals surface area (Å²) in [6.45, 7) is 7.07. The highest BCUT2D eigenvalue weighted by Gasteiger charge is 2.33. The maximum Gasteiger partial charge on any atom is 0.326 e. The Balaban J connectivity index is 2.93. The van der Waals surface area contributed by atoms with Crippen molar-refractivity contribution < 1.29 is 14.7 Å². The minimum absolute atomic E-state index is 0.352. The Bertz CT molecular complexity index is 476. The van der Waals surface area contributed by atoms with Gasteiger partial charge in [-0.15, -0.1) is 11.3 Å². The SMILES string of the molecule is Cc1csc(C(=O)N[C@H](C(=O)O)C(C)(C)C)c1Cl. The lowest BCUT2D eigenvalue weighted by atomic mass is 9.87. The Labute approximate surface area is 115 Å². The number of amides is 1. The molecule has 0 saturated carbocycles. The molecule has 0 radical (unpaired) electrons. The van der Waals surface area contributed by atoms with Crippen molar-refractivity contribution >= 4 is 34.8 Å². The standard InChI is InChI=1S/C12H16ClNO3S/c1-6-5-18-8(7(6)13)10(15)14-9(11(16)17)12(2,3)4/h5,9H,1-4H3,(H,14,15)(H,16,17)/t9-/m1/s1.